The lowest BCUT2D eigenvalue weighted by Gasteiger charge is -2.15. The van der Waals surface area contributed by atoms with Crippen molar-refractivity contribution in [1.29, 1.82) is 0 Å². The fourth-order valence-electron chi connectivity index (χ4n) is 2.66. The van der Waals surface area contributed by atoms with Crippen molar-refractivity contribution in [1.82, 2.24) is 15.1 Å². The van der Waals surface area contributed by atoms with Crippen LogP contribution in [0.4, 0.5) is 0 Å². The number of methoxy groups -OCH3 is 1. The van der Waals surface area contributed by atoms with Crippen LogP contribution in [0.15, 0.2) is 30.3 Å². The Morgan fingerprint density at radius 3 is 2.35 bits per heavy atom. The van der Waals surface area contributed by atoms with Crippen molar-refractivity contribution in [2.75, 3.05) is 14.2 Å². The Morgan fingerprint density at radius 1 is 1.17 bits per heavy atom. The van der Waals surface area contributed by atoms with Gasteiger partial charge in [0.15, 0.2) is 0 Å². The van der Waals surface area contributed by atoms with E-state index >= 15 is 0 Å². The Labute approximate surface area is 145 Å². The highest BCUT2D eigenvalue weighted by Crippen LogP contribution is 2.25. The minimum Gasteiger partial charge on any atom is -0.497 e. The van der Waals surface area contributed by atoms with Gasteiger partial charge in [-0.15, -0.1) is 12.4 Å². The van der Waals surface area contributed by atoms with Crippen LogP contribution in [0.25, 0.3) is 11.3 Å². The standard InChI is InChI=1S/C18H27N3O.ClH/c1-5-14(6-2)13-21-18(11-16(20-21)12-19-3)15-7-9-17(22-4)10-8-15;/h7-11,14,19H,5-6,12-13H2,1-4H3;1H. The summed E-state index contributed by atoms with van der Waals surface area (Å²) in [5.74, 6) is 1.55. The number of hydrogen-bond donors (Lipinski definition) is 1. The Morgan fingerprint density at radius 2 is 1.83 bits per heavy atom. The highest BCUT2D eigenvalue weighted by molar-refractivity contribution is 5.85. The number of halogens is 1. The van der Waals surface area contributed by atoms with E-state index in [2.05, 4.69) is 42.0 Å². The first-order chi connectivity index (χ1) is 10.7. The van der Waals surface area contributed by atoms with E-state index in [0.29, 0.717) is 5.92 Å². The molecule has 1 aromatic heterocycles. The number of ether oxygens (including phenoxy) is 1. The van der Waals surface area contributed by atoms with Crippen molar-refractivity contribution < 1.29 is 4.74 Å². The van der Waals surface area contributed by atoms with Crippen LogP contribution in [-0.4, -0.2) is 23.9 Å². The molecule has 2 aromatic rings. The lowest BCUT2D eigenvalue weighted by molar-refractivity contribution is 0.396. The van der Waals surface area contributed by atoms with Gasteiger partial charge < -0.3 is 10.1 Å². The van der Waals surface area contributed by atoms with Gasteiger partial charge >= 0.3 is 0 Å². The fraction of sp³-hybridized carbons (Fsp3) is 0.500. The number of nitrogens with one attached hydrogen (secondary N) is 1. The van der Waals surface area contributed by atoms with Crippen LogP contribution < -0.4 is 10.1 Å². The van der Waals surface area contributed by atoms with E-state index in [1.807, 2.05) is 19.2 Å². The van der Waals surface area contributed by atoms with E-state index in [9.17, 15) is 0 Å². The summed E-state index contributed by atoms with van der Waals surface area (Å²) in [6.07, 6.45) is 2.36. The number of aromatic nitrogens is 2. The molecule has 0 spiro atoms. The zero-order chi connectivity index (χ0) is 15.9. The van der Waals surface area contributed by atoms with E-state index in [4.69, 9.17) is 9.84 Å². The zero-order valence-electron chi connectivity index (χ0n) is 14.5. The Bertz CT molecular complexity index is 576. The van der Waals surface area contributed by atoms with Gasteiger partial charge in [0.1, 0.15) is 5.75 Å². The number of hydrogen-bond acceptors (Lipinski definition) is 3. The van der Waals surface area contributed by atoms with E-state index in [1.165, 1.54) is 24.1 Å². The van der Waals surface area contributed by atoms with Crippen LogP contribution in [0.5, 0.6) is 5.75 Å². The molecule has 4 nitrogen and oxygen atoms in total. The lowest BCUT2D eigenvalue weighted by Crippen LogP contribution is -2.13. The number of benzene rings is 1. The van der Waals surface area contributed by atoms with E-state index in [1.54, 1.807) is 7.11 Å². The first-order valence-electron chi connectivity index (χ1n) is 8.07. The van der Waals surface area contributed by atoms with Gasteiger partial charge in [-0.05, 0) is 43.3 Å². The molecule has 1 N–H and O–H groups in total. The first-order valence-corrected chi connectivity index (χ1v) is 8.07. The highest BCUT2D eigenvalue weighted by atomic mass is 35.5. The van der Waals surface area contributed by atoms with Crippen LogP contribution in [0.1, 0.15) is 32.4 Å². The maximum atomic E-state index is 5.25. The minimum atomic E-state index is 0. The molecule has 0 saturated heterocycles. The second-order valence-electron chi connectivity index (χ2n) is 5.64. The normalized spacial score (nSPS) is 10.7. The van der Waals surface area contributed by atoms with Crippen LogP contribution in [0.2, 0.25) is 0 Å². The van der Waals surface area contributed by atoms with Gasteiger partial charge in [-0.2, -0.15) is 5.10 Å². The summed E-state index contributed by atoms with van der Waals surface area (Å²) in [5.41, 5.74) is 3.45. The molecule has 1 aromatic carbocycles. The van der Waals surface area contributed by atoms with E-state index in [-0.39, 0.29) is 12.4 Å². The summed E-state index contributed by atoms with van der Waals surface area (Å²) in [6, 6.07) is 10.4. The maximum absolute atomic E-state index is 5.25. The summed E-state index contributed by atoms with van der Waals surface area (Å²) in [7, 11) is 3.64. The van der Waals surface area contributed by atoms with Crippen LogP contribution in [0, 0.1) is 5.92 Å². The zero-order valence-corrected chi connectivity index (χ0v) is 15.3. The summed E-state index contributed by atoms with van der Waals surface area (Å²) in [4.78, 5) is 0. The molecular formula is C18H28ClN3O. The second kappa shape index (κ2) is 9.58. The Balaban J connectivity index is 0.00000264. The molecule has 0 unspecified atom stereocenters. The van der Waals surface area contributed by atoms with Crippen LogP contribution >= 0.6 is 12.4 Å². The highest BCUT2D eigenvalue weighted by Gasteiger charge is 2.13. The molecule has 0 atom stereocenters. The van der Waals surface area contributed by atoms with Gasteiger partial charge in [0.2, 0.25) is 0 Å². The number of nitrogens with zero attached hydrogens (tertiary/aromatic N) is 2. The maximum Gasteiger partial charge on any atom is 0.118 e. The molecule has 128 valence electrons. The second-order valence-corrected chi connectivity index (χ2v) is 5.64. The third kappa shape index (κ3) is 4.98. The van der Waals surface area contributed by atoms with Gasteiger partial charge in [-0.3, -0.25) is 4.68 Å². The molecule has 0 aliphatic carbocycles. The largest absolute Gasteiger partial charge is 0.497 e. The molecule has 5 heteroatoms. The van der Waals surface area contributed by atoms with Crippen LogP contribution in [0.3, 0.4) is 0 Å². The predicted octanol–water partition coefficient (Wildman–Crippen LogP) is 4.14. The van der Waals surface area contributed by atoms with Gasteiger partial charge in [-0.1, -0.05) is 26.7 Å². The van der Waals surface area contributed by atoms with Crippen LogP contribution in [-0.2, 0) is 13.1 Å². The molecule has 0 radical (unpaired) electrons. The molecule has 0 fully saturated rings. The summed E-state index contributed by atoms with van der Waals surface area (Å²) in [5, 5.41) is 7.96. The van der Waals surface area contributed by atoms with Crippen molar-refractivity contribution >= 4 is 12.4 Å². The third-order valence-electron chi connectivity index (χ3n) is 4.16. The fourth-order valence-corrected chi connectivity index (χ4v) is 2.66. The van der Waals surface area contributed by atoms with E-state index in [0.717, 1.165) is 24.5 Å². The minimum absolute atomic E-state index is 0. The predicted molar refractivity (Wildman–Crippen MR) is 98.3 cm³/mol. The lowest BCUT2D eigenvalue weighted by atomic mass is 10.0. The van der Waals surface area contributed by atoms with Gasteiger partial charge in [-0.25, -0.2) is 0 Å². The molecule has 0 amide bonds. The monoisotopic (exact) mass is 337 g/mol. The smallest absolute Gasteiger partial charge is 0.118 e. The Hall–Kier alpha value is -1.52. The van der Waals surface area contributed by atoms with Gasteiger partial charge in [0.05, 0.1) is 18.5 Å². The van der Waals surface area contributed by atoms with Crippen molar-refractivity contribution in [3.63, 3.8) is 0 Å². The molecule has 1 heterocycles. The molecule has 0 saturated carbocycles. The quantitative estimate of drug-likeness (QED) is 0.787. The van der Waals surface area contributed by atoms with Gasteiger partial charge in [0, 0.05) is 18.7 Å². The molecule has 23 heavy (non-hydrogen) atoms. The summed E-state index contributed by atoms with van der Waals surface area (Å²) < 4.78 is 7.40. The average Bonchev–Trinajstić information content (AvgIpc) is 2.95. The summed E-state index contributed by atoms with van der Waals surface area (Å²) in [6.45, 7) is 6.26. The van der Waals surface area contributed by atoms with Crippen molar-refractivity contribution in [3.05, 3.63) is 36.0 Å². The third-order valence-corrected chi connectivity index (χ3v) is 4.16. The molecular weight excluding hydrogens is 310 g/mol. The molecule has 0 aliphatic rings. The summed E-state index contributed by atoms with van der Waals surface area (Å²) >= 11 is 0. The Kier molecular flexibility index (Phi) is 8.13. The van der Waals surface area contributed by atoms with Gasteiger partial charge in [0.25, 0.3) is 0 Å². The van der Waals surface area contributed by atoms with Crippen molar-refractivity contribution in [2.45, 2.75) is 39.8 Å². The van der Waals surface area contributed by atoms with Crippen molar-refractivity contribution in [3.8, 4) is 17.0 Å². The molecule has 2 rings (SSSR count). The molecule has 0 bridgehead atoms. The number of rotatable bonds is 8. The molecule has 0 aliphatic heterocycles. The SMILES string of the molecule is CCC(CC)Cn1nc(CNC)cc1-c1ccc(OC)cc1.Cl. The topological polar surface area (TPSA) is 39.1 Å². The van der Waals surface area contributed by atoms with Crippen molar-refractivity contribution in [2.24, 2.45) is 5.92 Å². The average molecular weight is 338 g/mol. The first kappa shape index (κ1) is 19.5. The van der Waals surface area contributed by atoms with E-state index < -0.39 is 0 Å².